The molecule has 0 aliphatic heterocycles. The number of fused-ring (bicyclic) bond motifs is 1. The molecule has 0 saturated heterocycles. The number of aromatic nitrogens is 3. The van der Waals surface area contributed by atoms with E-state index in [1.54, 1.807) is 17.9 Å². The van der Waals surface area contributed by atoms with Crippen molar-refractivity contribution in [3.8, 4) is 11.4 Å². The molecule has 6 heteroatoms. The van der Waals surface area contributed by atoms with Gasteiger partial charge in [0.1, 0.15) is 5.75 Å². The van der Waals surface area contributed by atoms with E-state index >= 15 is 0 Å². The van der Waals surface area contributed by atoms with Gasteiger partial charge in [-0.3, -0.25) is 0 Å². The SMILES string of the molecule is COc1ccc(-n2nc(C3CC3)c3c(C(=O)O)cc(C(C)C)nc32)cc1. The number of hydrogen-bond donors (Lipinski definition) is 1. The molecule has 134 valence electrons. The van der Waals surface area contributed by atoms with E-state index in [0.717, 1.165) is 35.7 Å². The summed E-state index contributed by atoms with van der Waals surface area (Å²) in [4.78, 5) is 16.7. The number of ether oxygens (including phenoxy) is 1. The Kier molecular flexibility index (Phi) is 3.90. The molecule has 1 fully saturated rings. The monoisotopic (exact) mass is 351 g/mol. The molecule has 1 aliphatic carbocycles. The highest BCUT2D eigenvalue weighted by atomic mass is 16.5. The highest BCUT2D eigenvalue weighted by Gasteiger charge is 2.32. The molecule has 6 nitrogen and oxygen atoms in total. The minimum Gasteiger partial charge on any atom is -0.497 e. The number of methoxy groups -OCH3 is 1. The molecule has 26 heavy (non-hydrogen) atoms. The zero-order valence-electron chi connectivity index (χ0n) is 15.1. The predicted molar refractivity (Wildman–Crippen MR) is 98.4 cm³/mol. The molecular weight excluding hydrogens is 330 g/mol. The highest BCUT2D eigenvalue weighted by molar-refractivity contribution is 6.03. The van der Waals surface area contributed by atoms with E-state index in [1.807, 2.05) is 38.1 Å². The maximum Gasteiger partial charge on any atom is 0.336 e. The van der Waals surface area contributed by atoms with E-state index in [1.165, 1.54) is 0 Å². The van der Waals surface area contributed by atoms with E-state index in [0.29, 0.717) is 22.5 Å². The van der Waals surface area contributed by atoms with Gasteiger partial charge in [0.25, 0.3) is 0 Å². The molecule has 1 aliphatic rings. The summed E-state index contributed by atoms with van der Waals surface area (Å²) in [6.07, 6.45) is 2.08. The highest BCUT2D eigenvalue weighted by Crippen LogP contribution is 2.44. The third-order valence-electron chi connectivity index (χ3n) is 4.79. The Labute approximate surface area is 151 Å². The lowest BCUT2D eigenvalue weighted by atomic mass is 10.0. The van der Waals surface area contributed by atoms with Crippen molar-refractivity contribution in [3.63, 3.8) is 0 Å². The fraction of sp³-hybridized carbons (Fsp3) is 0.350. The molecule has 4 rings (SSSR count). The van der Waals surface area contributed by atoms with Gasteiger partial charge in [-0.25, -0.2) is 14.5 Å². The Morgan fingerprint density at radius 2 is 1.96 bits per heavy atom. The normalized spacial score (nSPS) is 14.2. The number of pyridine rings is 1. The minimum atomic E-state index is -0.935. The molecule has 0 amide bonds. The number of aromatic carboxylic acids is 1. The van der Waals surface area contributed by atoms with Gasteiger partial charge in [-0.1, -0.05) is 13.8 Å². The maximum absolute atomic E-state index is 11.9. The Bertz CT molecular complexity index is 986. The predicted octanol–water partition coefficient (Wildman–Crippen LogP) is 4.13. The van der Waals surface area contributed by atoms with Crippen LogP contribution in [0.1, 0.15) is 60.3 Å². The number of rotatable bonds is 5. The van der Waals surface area contributed by atoms with Crippen LogP contribution >= 0.6 is 0 Å². The van der Waals surface area contributed by atoms with Gasteiger partial charge >= 0.3 is 5.97 Å². The molecule has 0 unspecified atom stereocenters. The van der Waals surface area contributed by atoms with Crippen molar-refractivity contribution in [2.75, 3.05) is 7.11 Å². The average molecular weight is 351 g/mol. The molecule has 1 saturated carbocycles. The minimum absolute atomic E-state index is 0.126. The number of carboxylic acid groups (broad SMARTS) is 1. The Balaban J connectivity index is 2.01. The molecule has 0 bridgehead atoms. The van der Waals surface area contributed by atoms with Crippen molar-refractivity contribution in [3.05, 3.63) is 47.3 Å². The van der Waals surface area contributed by atoms with Gasteiger partial charge in [-0.2, -0.15) is 5.10 Å². The van der Waals surface area contributed by atoms with Gasteiger partial charge in [0.2, 0.25) is 0 Å². The lowest BCUT2D eigenvalue weighted by molar-refractivity contribution is 0.0698. The van der Waals surface area contributed by atoms with Crippen molar-refractivity contribution in [1.29, 1.82) is 0 Å². The number of nitrogens with zero attached hydrogens (tertiary/aromatic N) is 3. The number of carbonyl (C=O) groups is 1. The molecular formula is C20H21N3O3. The van der Waals surface area contributed by atoms with E-state index < -0.39 is 5.97 Å². The molecule has 3 aromatic rings. The summed E-state index contributed by atoms with van der Waals surface area (Å²) >= 11 is 0. The van der Waals surface area contributed by atoms with Crippen LogP contribution in [-0.4, -0.2) is 33.0 Å². The first-order valence-corrected chi connectivity index (χ1v) is 8.81. The topological polar surface area (TPSA) is 77.2 Å². The lowest BCUT2D eigenvalue weighted by Crippen LogP contribution is -2.05. The third kappa shape index (κ3) is 2.71. The van der Waals surface area contributed by atoms with Crippen LogP contribution in [0, 0.1) is 0 Å². The zero-order valence-corrected chi connectivity index (χ0v) is 15.1. The summed E-state index contributed by atoms with van der Waals surface area (Å²) in [7, 11) is 1.62. The third-order valence-corrected chi connectivity index (χ3v) is 4.79. The fourth-order valence-electron chi connectivity index (χ4n) is 3.17. The van der Waals surface area contributed by atoms with E-state index in [9.17, 15) is 9.90 Å². The van der Waals surface area contributed by atoms with Crippen molar-refractivity contribution < 1.29 is 14.6 Å². The van der Waals surface area contributed by atoms with Crippen LogP contribution in [0.4, 0.5) is 0 Å². The van der Waals surface area contributed by atoms with Crippen LogP contribution in [0.5, 0.6) is 5.75 Å². The number of hydrogen-bond acceptors (Lipinski definition) is 4. The average Bonchev–Trinajstić information content (AvgIpc) is 3.41. The Morgan fingerprint density at radius 1 is 1.27 bits per heavy atom. The number of carboxylic acids is 1. The first-order chi connectivity index (χ1) is 12.5. The molecule has 1 aromatic carbocycles. The van der Waals surface area contributed by atoms with Crippen molar-refractivity contribution in [1.82, 2.24) is 14.8 Å². The van der Waals surface area contributed by atoms with Crippen LogP contribution in [0.3, 0.4) is 0 Å². The van der Waals surface area contributed by atoms with Gasteiger partial charge < -0.3 is 9.84 Å². The van der Waals surface area contributed by atoms with E-state index in [2.05, 4.69) is 0 Å². The van der Waals surface area contributed by atoms with Gasteiger partial charge in [0, 0.05) is 11.6 Å². The molecule has 2 heterocycles. The molecule has 0 spiro atoms. The molecule has 2 aromatic heterocycles. The summed E-state index contributed by atoms with van der Waals surface area (Å²) in [5, 5.41) is 15.2. The zero-order chi connectivity index (χ0) is 18.4. The second-order valence-electron chi connectivity index (χ2n) is 7.02. The molecule has 1 N–H and O–H groups in total. The summed E-state index contributed by atoms with van der Waals surface area (Å²) in [5.41, 5.74) is 3.34. The summed E-state index contributed by atoms with van der Waals surface area (Å²) < 4.78 is 6.99. The fourth-order valence-corrected chi connectivity index (χ4v) is 3.17. The largest absolute Gasteiger partial charge is 0.497 e. The van der Waals surface area contributed by atoms with Crippen LogP contribution in [0.15, 0.2) is 30.3 Å². The molecule has 0 atom stereocenters. The van der Waals surface area contributed by atoms with Crippen LogP contribution in [0.2, 0.25) is 0 Å². The molecule has 0 radical (unpaired) electrons. The smallest absolute Gasteiger partial charge is 0.336 e. The van der Waals surface area contributed by atoms with Crippen LogP contribution < -0.4 is 4.74 Å². The van der Waals surface area contributed by atoms with Gasteiger partial charge in [-0.15, -0.1) is 0 Å². The summed E-state index contributed by atoms with van der Waals surface area (Å²) in [5.74, 6) is 0.271. The summed E-state index contributed by atoms with van der Waals surface area (Å²) in [6, 6.07) is 9.24. The standard InChI is InChI=1S/C20H21N3O3/c1-11(2)16-10-15(20(24)25)17-18(12-4-5-12)22-23(19(17)21-16)13-6-8-14(26-3)9-7-13/h6-12H,4-5H2,1-3H3,(H,24,25). The quantitative estimate of drug-likeness (QED) is 0.748. The first-order valence-electron chi connectivity index (χ1n) is 8.81. The van der Waals surface area contributed by atoms with Gasteiger partial charge in [0.15, 0.2) is 5.65 Å². The van der Waals surface area contributed by atoms with Crippen molar-refractivity contribution in [2.24, 2.45) is 0 Å². The summed E-state index contributed by atoms with van der Waals surface area (Å²) in [6.45, 7) is 4.02. The first kappa shape index (κ1) is 16.6. The second kappa shape index (κ2) is 6.12. The number of benzene rings is 1. The second-order valence-corrected chi connectivity index (χ2v) is 7.02. The van der Waals surface area contributed by atoms with E-state index in [-0.39, 0.29) is 5.92 Å². The van der Waals surface area contributed by atoms with Crippen LogP contribution in [0.25, 0.3) is 16.7 Å². The maximum atomic E-state index is 11.9. The van der Waals surface area contributed by atoms with Crippen molar-refractivity contribution in [2.45, 2.75) is 38.5 Å². The Hall–Kier alpha value is -2.89. The lowest BCUT2D eigenvalue weighted by Gasteiger charge is -2.09. The van der Waals surface area contributed by atoms with Gasteiger partial charge in [0.05, 0.1) is 29.4 Å². The van der Waals surface area contributed by atoms with Crippen LogP contribution in [-0.2, 0) is 0 Å². The van der Waals surface area contributed by atoms with Gasteiger partial charge in [-0.05, 0) is 49.1 Å². The van der Waals surface area contributed by atoms with Crippen molar-refractivity contribution >= 4 is 17.0 Å². The Morgan fingerprint density at radius 3 is 2.50 bits per heavy atom. The van der Waals surface area contributed by atoms with E-state index in [4.69, 9.17) is 14.8 Å².